The minimum Gasteiger partial charge on any atom is -0.334 e. The van der Waals surface area contributed by atoms with E-state index in [9.17, 15) is 4.79 Å². The third-order valence-electron chi connectivity index (χ3n) is 4.21. The number of hydrogen-bond acceptors (Lipinski definition) is 4. The topological polar surface area (TPSA) is 75.9 Å². The van der Waals surface area contributed by atoms with Crippen LogP contribution in [-0.2, 0) is 6.54 Å². The van der Waals surface area contributed by atoms with E-state index in [0.717, 1.165) is 11.3 Å². The molecule has 2 amide bonds. The molecule has 7 heteroatoms. The van der Waals surface area contributed by atoms with E-state index < -0.39 is 0 Å². The van der Waals surface area contributed by atoms with Gasteiger partial charge in [0.25, 0.3) is 0 Å². The molecule has 2 fully saturated rings. The Balaban J connectivity index is 1.26. The van der Waals surface area contributed by atoms with Crippen LogP contribution in [0.15, 0.2) is 30.7 Å². The highest BCUT2D eigenvalue weighted by Crippen LogP contribution is 2.39. The first kappa shape index (κ1) is 13.2. The van der Waals surface area contributed by atoms with Crippen LogP contribution in [-0.4, -0.2) is 44.0 Å². The van der Waals surface area contributed by atoms with Crippen molar-refractivity contribution >= 4 is 6.03 Å². The molecule has 114 valence electrons. The molecule has 0 radical (unpaired) electrons. The van der Waals surface area contributed by atoms with Crippen LogP contribution in [0.25, 0.3) is 0 Å². The molecule has 0 bridgehead atoms. The van der Waals surface area contributed by atoms with Crippen molar-refractivity contribution < 1.29 is 4.79 Å². The Labute approximate surface area is 128 Å². The van der Waals surface area contributed by atoms with Crippen molar-refractivity contribution in [3.05, 3.63) is 42.0 Å². The summed E-state index contributed by atoms with van der Waals surface area (Å²) in [5, 5.41) is 11.3. The van der Waals surface area contributed by atoms with E-state index in [-0.39, 0.29) is 12.1 Å². The second-order valence-corrected chi connectivity index (χ2v) is 5.98. The number of rotatable bonds is 4. The van der Waals surface area contributed by atoms with Gasteiger partial charge in [-0.2, -0.15) is 0 Å². The molecule has 0 aromatic carbocycles. The number of carbonyl (C=O) groups excluding carboxylic acids is 1. The first-order valence-electron chi connectivity index (χ1n) is 7.63. The summed E-state index contributed by atoms with van der Waals surface area (Å²) < 4.78 is 1.90. The Hall–Kier alpha value is -2.44. The largest absolute Gasteiger partial charge is 0.334 e. The van der Waals surface area contributed by atoms with Crippen molar-refractivity contribution in [2.24, 2.45) is 0 Å². The molecule has 1 aliphatic heterocycles. The zero-order valence-corrected chi connectivity index (χ0v) is 12.2. The van der Waals surface area contributed by atoms with Crippen LogP contribution in [0.1, 0.15) is 36.1 Å². The van der Waals surface area contributed by atoms with Crippen molar-refractivity contribution in [1.29, 1.82) is 0 Å². The number of carbonyl (C=O) groups is 1. The van der Waals surface area contributed by atoms with Gasteiger partial charge in [-0.25, -0.2) is 9.48 Å². The van der Waals surface area contributed by atoms with Gasteiger partial charge in [-0.15, -0.1) is 5.10 Å². The number of urea groups is 1. The second-order valence-electron chi connectivity index (χ2n) is 5.98. The molecule has 22 heavy (non-hydrogen) atoms. The lowest BCUT2D eigenvalue weighted by Crippen LogP contribution is -2.54. The summed E-state index contributed by atoms with van der Waals surface area (Å²) >= 11 is 0. The lowest BCUT2D eigenvalue weighted by Gasteiger charge is -2.38. The maximum absolute atomic E-state index is 12.0. The smallest absolute Gasteiger partial charge is 0.317 e. The predicted molar refractivity (Wildman–Crippen MR) is 79.1 cm³/mol. The number of pyridine rings is 1. The lowest BCUT2D eigenvalue weighted by molar-refractivity contribution is 0.117. The van der Waals surface area contributed by atoms with E-state index >= 15 is 0 Å². The highest BCUT2D eigenvalue weighted by atomic mass is 16.2. The quantitative estimate of drug-likeness (QED) is 0.923. The number of hydrogen-bond donors (Lipinski definition) is 1. The van der Waals surface area contributed by atoms with Crippen molar-refractivity contribution in [3.8, 4) is 0 Å². The molecule has 1 aliphatic carbocycles. The van der Waals surface area contributed by atoms with Crippen LogP contribution in [0.3, 0.4) is 0 Å². The fourth-order valence-corrected chi connectivity index (χ4v) is 2.62. The molecule has 0 spiro atoms. The zero-order valence-electron chi connectivity index (χ0n) is 12.2. The molecular weight excluding hydrogens is 280 g/mol. The Bertz CT molecular complexity index is 660. The van der Waals surface area contributed by atoms with Gasteiger partial charge in [0.15, 0.2) is 0 Å². The maximum atomic E-state index is 12.0. The summed E-state index contributed by atoms with van der Waals surface area (Å²) in [5.74, 6) is 0.618. The molecule has 1 saturated carbocycles. The molecule has 1 saturated heterocycles. The van der Waals surface area contributed by atoms with Crippen LogP contribution in [0.4, 0.5) is 4.79 Å². The normalized spacial score (nSPS) is 18.1. The Morgan fingerprint density at radius 2 is 2.23 bits per heavy atom. The van der Waals surface area contributed by atoms with Crippen LogP contribution < -0.4 is 5.32 Å². The van der Waals surface area contributed by atoms with E-state index in [1.165, 1.54) is 12.8 Å². The molecule has 7 nitrogen and oxygen atoms in total. The molecule has 2 aromatic heterocycles. The number of aromatic nitrogens is 4. The second kappa shape index (κ2) is 5.40. The van der Waals surface area contributed by atoms with Crippen LogP contribution in [0.2, 0.25) is 0 Å². The van der Waals surface area contributed by atoms with Gasteiger partial charge in [-0.05, 0) is 24.5 Å². The van der Waals surface area contributed by atoms with Crippen molar-refractivity contribution in [2.75, 3.05) is 13.1 Å². The van der Waals surface area contributed by atoms with Crippen molar-refractivity contribution in [2.45, 2.75) is 31.3 Å². The summed E-state index contributed by atoms with van der Waals surface area (Å²) in [5.41, 5.74) is 2.10. The average molecular weight is 298 g/mol. The lowest BCUT2D eigenvalue weighted by atomic mass is 10.1. The van der Waals surface area contributed by atoms with Crippen molar-refractivity contribution in [3.63, 3.8) is 0 Å². The van der Waals surface area contributed by atoms with E-state index in [1.807, 2.05) is 23.0 Å². The number of amides is 2. The minimum absolute atomic E-state index is 0.0392. The summed E-state index contributed by atoms with van der Waals surface area (Å²) in [6.45, 7) is 1.88. The van der Waals surface area contributed by atoms with Gasteiger partial charge >= 0.3 is 6.03 Å². The third-order valence-corrected chi connectivity index (χ3v) is 4.21. The van der Waals surface area contributed by atoms with Gasteiger partial charge in [-0.1, -0.05) is 11.3 Å². The van der Waals surface area contributed by atoms with Crippen LogP contribution >= 0.6 is 0 Å². The molecule has 2 aromatic rings. The standard InChI is InChI=1S/C15H18N6O/c22-15(17-7-11-2-1-5-16-6-11)20-8-13(9-20)21-10-14(18-19-21)12-3-4-12/h1-2,5-6,10,12-13H,3-4,7-9H2,(H,17,22). The zero-order chi connectivity index (χ0) is 14.9. The molecule has 0 atom stereocenters. The van der Waals surface area contributed by atoms with Gasteiger partial charge in [0.1, 0.15) is 0 Å². The summed E-state index contributed by atoms with van der Waals surface area (Å²) in [4.78, 5) is 17.9. The maximum Gasteiger partial charge on any atom is 0.317 e. The first-order valence-corrected chi connectivity index (χ1v) is 7.63. The number of nitrogens with one attached hydrogen (secondary N) is 1. The molecule has 2 aliphatic rings. The Kier molecular flexibility index (Phi) is 3.25. The van der Waals surface area contributed by atoms with E-state index in [4.69, 9.17) is 0 Å². The van der Waals surface area contributed by atoms with E-state index in [0.29, 0.717) is 25.6 Å². The summed E-state index contributed by atoms with van der Waals surface area (Å²) in [6.07, 6.45) is 7.97. The van der Waals surface area contributed by atoms with Gasteiger partial charge in [-0.3, -0.25) is 4.98 Å². The van der Waals surface area contributed by atoms with Gasteiger partial charge in [0.2, 0.25) is 0 Å². The Morgan fingerprint density at radius 1 is 1.36 bits per heavy atom. The summed E-state index contributed by atoms with van der Waals surface area (Å²) in [7, 11) is 0. The molecular formula is C15H18N6O. The highest BCUT2D eigenvalue weighted by molar-refractivity contribution is 5.75. The van der Waals surface area contributed by atoms with E-state index in [2.05, 4.69) is 20.6 Å². The van der Waals surface area contributed by atoms with E-state index in [1.54, 1.807) is 17.3 Å². The van der Waals surface area contributed by atoms with Gasteiger partial charge < -0.3 is 10.2 Å². The third kappa shape index (κ3) is 2.66. The predicted octanol–water partition coefficient (Wildman–Crippen LogP) is 1.32. The number of likely N-dealkylation sites (tertiary alicyclic amines) is 1. The fraction of sp³-hybridized carbons (Fsp3) is 0.467. The average Bonchev–Trinajstić information content (AvgIpc) is 3.24. The molecule has 1 N–H and O–H groups in total. The summed E-state index contributed by atoms with van der Waals surface area (Å²) in [6, 6.07) is 4.02. The monoisotopic (exact) mass is 298 g/mol. The first-order chi connectivity index (χ1) is 10.8. The van der Waals surface area contributed by atoms with Crippen molar-refractivity contribution in [1.82, 2.24) is 30.2 Å². The molecule has 3 heterocycles. The minimum atomic E-state index is -0.0392. The van der Waals surface area contributed by atoms with Gasteiger partial charge in [0.05, 0.1) is 11.7 Å². The van der Waals surface area contributed by atoms with Crippen LogP contribution in [0, 0.1) is 0 Å². The molecule has 4 rings (SSSR count). The SMILES string of the molecule is O=C(NCc1cccnc1)N1CC(n2cc(C3CC3)nn2)C1. The fourth-order valence-electron chi connectivity index (χ4n) is 2.62. The van der Waals surface area contributed by atoms with Gasteiger partial charge in [0, 0.05) is 44.1 Å². The highest BCUT2D eigenvalue weighted by Gasteiger charge is 2.34. The molecule has 0 unspecified atom stereocenters. The number of nitrogens with zero attached hydrogens (tertiary/aromatic N) is 5. The Morgan fingerprint density at radius 3 is 2.95 bits per heavy atom. The van der Waals surface area contributed by atoms with Crippen LogP contribution in [0.5, 0.6) is 0 Å².